The van der Waals surface area contributed by atoms with Gasteiger partial charge in [0.15, 0.2) is 11.9 Å². The summed E-state index contributed by atoms with van der Waals surface area (Å²) in [5.74, 6) is 0.880. The Morgan fingerprint density at radius 2 is 2.05 bits per heavy atom. The van der Waals surface area contributed by atoms with E-state index < -0.39 is 0 Å². The molecule has 0 fully saturated rings. The Labute approximate surface area is 122 Å². The van der Waals surface area contributed by atoms with E-state index in [-0.39, 0.29) is 0 Å². The second kappa shape index (κ2) is 7.86. The number of aliphatic imine (C=N–C) groups is 2. The van der Waals surface area contributed by atoms with Gasteiger partial charge in [0.2, 0.25) is 0 Å². The molecule has 0 amide bonds. The predicted octanol–water partition coefficient (Wildman–Crippen LogP) is 1.65. The lowest BCUT2D eigenvalue weighted by Gasteiger charge is -2.07. The van der Waals surface area contributed by atoms with Gasteiger partial charge in [0.05, 0.1) is 10.0 Å². The Bertz CT molecular complexity index is 485. The van der Waals surface area contributed by atoms with Gasteiger partial charge < -0.3 is 11.1 Å². The van der Waals surface area contributed by atoms with Crippen molar-refractivity contribution in [2.45, 2.75) is 6.42 Å². The molecule has 7 heteroatoms. The Balaban J connectivity index is 2.50. The molecule has 0 saturated carbocycles. The first-order chi connectivity index (χ1) is 9.06. The van der Waals surface area contributed by atoms with Gasteiger partial charge in [0, 0.05) is 20.6 Å². The highest BCUT2D eigenvalue weighted by atomic mass is 35.5. The van der Waals surface area contributed by atoms with Gasteiger partial charge in [-0.1, -0.05) is 29.3 Å². The Morgan fingerprint density at radius 1 is 1.32 bits per heavy atom. The predicted molar refractivity (Wildman–Crippen MR) is 82.2 cm³/mol. The Hall–Kier alpha value is -1.46. The van der Waals surface area contributed by atoms with Crippen LogP contribution >= 0.6 is 23.2 Å². The maximum atomic E-state index is 5.93. The molecule has 0 unspecified atom stereocenters. The van der Waals surface area contributed by atoms with Crippen molar-refractivity contribution in [3.63, 3.8) is 0 Å². The van der Waals surface area contributed by atoms with Crippen LogP contribution < -0.4 is 16.4 Å². The van der Waals surface area contributed by atoms with Gasteiger partial charge in [-0.25, -0.2) is 0 Å². The lowest BCUT2D eigenvalue weighted by molar-refractivity contribution is 0.950. The lowest BCUT2D eigenvalue weighted by Crippen LogP contribution is -2.43. The minimum absolute atomic E-state index is 0.315. The summed E-state index contributed by atoms with van der Waals surface area (Å²) in [4.78, 5) is 8.13. The average Bonchev–Trinajstić information content (AvgIpc) is 2.40. The van der Waals surface area contributed by atoms with E-state index in [9.17, 15) is 0 Å². The molecule has 0 spiro atoms. The van der Waals surface area contributed by atoms with Gasteiger partial charge in [0.25, 0.3) is 0 Å². The molecule has 0 aromatic heterocycles. The van der Waals surface area contributed by atoms with Crippen LogP contribution in [-0.2, 0) is 6.42 Å². The summed E-state index contributed by atoms with van der Waals surface area (Å²) in [6, 6.07) is 5.52. The van der Waals surface area contributed by atoms with E-state index in [1.54, 1.807) is 20.2 Å². The first kappa shape index (κ1) is 15.6. The van der Waals surface area contributed by atoms with Crippen LogP contribution in [0.2, 0.25) is 10.0 Å². The summed E-state index contributed by atoms with van der Waals surface area (Å²) in [5, 5.41) is 6.79. The van der Waals surface area contributed by atoms with E-state index in [4.69, 9.17) is 28.9 Å². The molecular formula is C12H17Cl2N5. The molecule has 19 heavy (non-hydrogen) atoms. The van der Waals surface area contributed by atoms with E-state index in [1.807, 2.05) is 12.1 Å². The third-order valence-corrected chi connectivity index (χ3v) is 3.11. The van der Waals surface area contributed by atoms with Crippen molar-refractivity contribution in [2.75, 3.05) is 20.6 Å². The number of benzene rings is 1. The summed E-state index contributed by atoms with van der Waals surface area (Å²) >= 11 is 11.8. The zero-order valence-electron chi connectivity index (χ0n) is 10.9. The maximum Gasteiger partial charge on any atom is 0.197 e. The first-order valence-corrected chi connectivity index (χ1v) is 6.47. The molecule has 1 aromatic carbocycles. The highest BCUT2D eigenvalue weighted by molar-refractivity contribution is 6.42. The number of hydrogen-bond acceptors (Lipinski definition) is 2. The van der Waals surface area contributed by atoms with Crippen LogP contribution in [0.25, 0.3) is 0 Å². The molecule has 0 aliphatic carbocycles. The Morgan fingerprint density at radius 3 is 2.63 bits per heavy atom. The summed E-state index contributed by atoms with van der Waals surface area (Å²) in [6.45, 7) is 0.553. The zero-order valence-corrected chi connectivity index (χ0v) is 12.4. The topological polar surface area (TPSA) is 74.8 Å². The van der Waals surface area contributed by atoms with Crippen LogP contribution in [0.5, 0.6) is 0 Å². The number of nitrogens with zero attached hydrogens (tertiary/aromatic N) is 2. The van der Waals surface area contributed by atoms with E-state index in [2.05, 4.69) is 20.6 Å². The largest absolute Gasteiger partial charge is 0.370 e. The number of hydrogen-bond donors (Lipinski definition) is 3. The number of nitrogens with one attached hydrogen (secondary N) is 2. The minimum Gasteiger partial charge on any atom is -0.370 e. The monoisotopic (exact) mass is 301 g/mol. The highest BCUT2D eigenvalue weighted by Crippen LogP contribution is 2.22. The molecule has 1 rings (SSSR count). The highest BCUT2D eigenvalue weighted by Gasteiger charge is 2.00. The van der Waals surface area contributed by atoms with Gasteiger partial charge in [-0.2, -0.15) is 0 Å². The van der Waals surface area contributed by atoms with Crippen molar-refractivity contribution in [3.8, 4) is 0 Å². The van der Waals surface area contributed by atoms with Crippen molar-refractivity contribution < 1.29 is 0 Å². The third kappa shape index (κ3) is 5.36. The fraction of sp³-hybridized carbons (Fsp3) is 0.333. The summed E-state index contributed by atoms with van der Waals surface area (Å²) < 4.78 is 0. The average molecular weight is 302 g/mol. The first-order valence-electron chi connectivity index (χ1n) is 5.72. The second-order valence-electron chi connectivity index (χ2n) is 3.71. The minimum atomic E-state index is 0.315. The molecule has 0 heterocycles. The number of guanidine groups is 2. The normalized spacial score (nSPS) is 12.4. The van der Waals surface area contributed by atoms with Crippen LogP contribution in [0.4, 0.5) is 0 Å². The smallest absolute Gasteiger partial charge is 0.197 e. The van der Waals surface area contributed by atoms with Gasteiger partial charge in [-0.05, 0) is 24.1 Å². The van der Waals surface area contributed by atoms with Crippen molar-refractivity contribution in [1.29, 1.82) is 0 Å². The maximum absolute atomic E-state index is 5.93. The third-order valence-electron chi connectivity index (χ3n) is 2.37. The van der Waals surface area contributed by atoms with E-state index in [1.165, 1.54) is 0 Å². The van der Waals surface area contributed by atoms with Gasteiger partial charge in [0.1, 0.15) is 0 Å². The van der Waals surface area contributed by atoms with Crippen LogP contribution in [0, 0.1) is 0 Å². The molecule has 5 nitrogen and oxygen atoms in total. The van der Waals surface area contributed by atoms with Crippen molar-refractivity contribution in [3.05, 3.63) is 33.8 Å². The number of rotatable bonds is 3. The molecule has 1 aromatic rings. The van der Waals surface area contributed by atoms with E-state index in [0.717, 1.165) is 12.0 Å². The van der Waals surface area contributed by atoms with E-state index >= 15 is 0 Å². The Kier molecular flexibility index (Phi) is 6.45. The fourth-order valence-electron chi connectivity index (χ4n) is 1.39. The van der Waals surface area contributed by atoms with Crippen LogP contribution in [0.1, 0.15) is 5.56 Å². The second-order valence-corrected chi connectivity index (χ2v) is 4.53. The molecule has 0 atom stereocenters. The van der Waals surface area contributed by atoms with Crippen LogP contribution in [0.15, 0.2) is 28.2 Å². The number of nitrogens with two attached hydrogens (primary N) is 1. The summed E-state index contributed by atoms with van der Waals surface area (Å²) in [6.07, 6.45) is 0.734. The van der Waals surface area contributed by atoms with Crippen LogP contribution in [0.3, 0.4) is 0 Å². The molecule has 0 aliphatic rings. The van der Waals surface area contributed by atoms with Gasteiger partial charge in [-0.15, -0.1) is 0 Å². The molecular weight excluding hydrogens is 285 g/mol. The van der Waals surface area contributed by atoms with Crippen molar-refractivity contribution >= 4 is 35.1 Å². The molecule has 0 radical (unpaired) electrons. The quantitative estimate of drug-likeness (QED) is 0.587. The lowest BCUT2D eigenvalue weighted by atomic mass is 10.1. The van der Waals surface area contributed by atoms with Gasteiger partial charge >= 0.3 is 0 Å². The van der Waals surface area contributed by atoms with Crippen LogP contribution in [-0.4, -0.2) is 32.6 Å². The van der Waals surface area contributed by atoms with E-state index in [0.29, 0.717) is 28.5 Å². The molecule has 0 saturated heterocycles. The SMILES string of the molecule is CN=C(NC)NC(N)=NCCc1ccc(Cl)c(Cl)c1. The summed E-state index contributed by atoms with van der Waals surface area (Å²) in [7, 11) is 3.40. The summed E-state index contributed by atoms with van der Waals surface area (Å²) in [5.41, 5.74) is 6.77. The molecule has 104 valence electrons. The molecule has 0 bridgehead atoms. The molecule has 4 N–H and O–H groups in total. The fourth-order valence-corrected chi connectivity index (χ4v) is 1.71. The standard InChI is InChI=1S/C12H17Cl2N5/c1-16-12(17-2)19-11(15)18-6-5-8-3-4-9(13)10(14)7-8/h3-4,7H,5-6H2,1-2H3,(H4,15,16,17,18,19). The molecule has 0 aliphatic heterocycles. The number of halogens is 2. The van der Waals surface area contributed by atoms with Gasteiger partial charge in [-0.3, -0.25) is 15.3 Å². The van der Waals surface area contributed by atoms with Crippen molar-refractivity contribution in [1.82, 2.24) is 10.6 Å². The van der Waals surface area contributed by atoms with Crippen molar-refractivity contribution in [2.24, 2.45) is 15.7 Å². The zero-order chi connectivity index (χ0) is 14.3.